The molecule has 98 valence electrons. The largest absolute Gasteiger partial charge is 0.368 e. The Labute approximate surface area is 105 Å². The number of nitrogens with two attached hydrogens (primary N) is 1. The quantitative estimate of drug-likeness (QED) is 0.842. The number of rotatable bonds is 4. The van der Waals surface area contributed by atoms with Crippen LogP contribution in [0.2, 0.25) is 0 Å². The van der Waals surface area contributed by atoms with Gasteiger partial charge in [-0.3, -0.25) is 9.59 Å². The highest BCUT2D eigenvalue weighted by Gasteiger charge is 2.33. The highest BCUT2D eigenvalue weighted by atomic mass is 19.1. The van der Waals surface area contributed by atoms with Crippen molar-refractivity contribution in [3.05, 3.63) is 35.6 Å². The maximum absolute atomic E-state index is 13.7. The first-order valence-corrected chi connectivity index (χ1v) is 5.62. The fourth-order valence-electron chi connectivity index (χ4n) is 1.54. The van der Waals surface area contributed by atoms with E-state index in [1.165, 1.54) is 13.0 Å². The highest BCUT2D eigenvalue weighted by Crippen LogP contribution is 2.25. The molecule has 0 aliphatic carbocycles. The van der Waals surface area contributed by atoms with E-state index in [4.69, 9.17) is 5.73 Å². The van der Waals surface area contributed by atoms with Crippen LogP contribution in [-0.4, -0.2) is 17.9 Å². The number of carbonyl (C=O) groups is 2. The van der Waals surface area contributed by atoms with Gasteiger partial charge in [0.1, 0.15) is 11.9 Å². The molecule has 1 rings (SSSR count). The normalized spacial score (nSPS) is 12.9. The summed E-state index contributed by atoms with van der Waals surface area (Å²) in [6.07, 6.45) is 0. The molecule has 3 N–H and O–H groups in total. The predicted molar refractivity (Wildman–Crippen MR) is 66.2 cm³/mol. The molecule has 4 nitrogen and oxygen atoms in total. The van der Waals surface area contributed by atoms with E-state index in [2.05, 4.69) is 5.32 Å². The molecule has 0 spiro atoms. The molecule has 0 bridgehead atoms. The Morgan fingerprint density at radius 2 is 1.89 bits per heavy atom. The van der Waals surface area contributed by atoms with Gasteiger partial charge in [-0.15, -0.1) is 0 Å². The minimum atomic E-state index is -1.07. The number of amides is 2. The Balaban J connectivity index is 2.97. The molecule has 1 aromatic carbocycles. The van der Waals surface area contributed by atoms with Crippen LogP contribution in [0.4, 0.5) is 4.39 Å². The molecule has 2 amide bonds. The predicted octanol–water partition coefficient (Wildman–Crippen LogP) is 1.09. The lowest BCUT2D eigenvalue weighted by molar-refractivity contribution is -0.130. The molecule has 0 saturated heterocycles. The van der Waals surface area contributed by atoms with E-state index in [0.717, 1.165) is 0 Å². The monoisotopic (exact) mass is 252 g/mol. The third-order valence-corrected chi connectivity index (χ3v) is 2.89. The fourth-order valence-corrected chi connectivity index (χ4v) is 1.54. The van der Waals surface area contributed by atoms with Crippen LogP contribution in [-0.2, 0) is 15.0 Å². The molecule has 0 fully saturated rings. The lowest BCUT2D eigenvalue weighted by Gasteiger charge is -2.26. The van der Waals surface area contributed by atoms with Crippen LogP contribution >= 0.6 is 0 Å². The molecular weight excluding hydrogens is 235 g/mol. The summed E-state index contributed by atoms with van der Waals surface area (Å²) >= 11 is 0. The van der Waals surface area contributed by atoms with Gasteiger partial charge in [-0.25, -0.2) is 4.39 Å². The van der Waals surface area contributed by atoms with Gasteiger partial charge < -0.3 is 11.1 Å². The topological polar surface area (TPSA) is 72.2 Å². The Morgan fingerprint density at radius 1 is 1.33 bits per heavy atom. The molecule has 0 unspecified atom stereocenters. The van der Waals surface area contributed by atoms with Crippen LogP contribution in [0.1, 0.15) is 26.3 Å². The van der Waals surface area contributed by atoms with Gasteiger partial charge in [-0.1, -0.05) is 18.2 Å². The second-order valence-electron chi connectivity index (χ2n) is 4.70. The van der Waals surface area contributed by atoms with E-state index in [1.54, 1.807) is 32.0 Å². The molecule has 0 radical (unpaired) electrons. The van der Waals surface area contributed by atoms with Crippen LogP contribution in [0, 0.1) is 5.82 Å². The summed E-state index contributed by atoms with van der Waals surface area (Å²) in [5.41, 5.74) is 4.27. The third-order valence-electron chi connectivity index (χ3n) is 2.89. The summed E-state index contributed by atoms with van der Waals surface area (Å²) in [7, 11) is 0. The maximum Gasteiger partial charge on any atom is 0.239 e. The van der Waals surface area contributed by atoms with E-state index in [9.17, 15) is 14.0 Å². The van der Waals surface area contributed by atoms with E-state index < -0.39 is 29.1 Å². The first kappa shape index (κ1) is 14.2. The van der Waals surface area contributed by atoms with Crippen LogP contribution in [0.3, 0.4) is 0 Å². The Hall–Kier alpha value is -1.91. The Morgan fingerprint density at radius 3 is 2.39 bits per heavy atom. The number of nitrogens with one attached hydrogen (secondary N) is 1. The smallest absolute Gasteiger partial charge is 0.239 e. The number of carbonyl (C=O) groups excluding carboxylic acids is 2. The summed E-state index contributed by atoms with van der Waals surface area (Å²) < 4.78 is 13.7. The number of hydrogen-bond donors (Lipinski definition) is 2. The Bertz CT molecular complexity index is 472. The summed E-state index contributed by atoms with van der Waals surface area (Å²) in [6, 6.07) is 5.26. The number of primary amides is 1. The zero-order valence-electron chi connectivity index (χ0n) is 10.7. The molecule has 0 saturated carbocycles. The standard InChI is InChI=1S/C13H17FN2O2/c1-8(11(15)17)16-12(18)13(2,3)9-6-4-5-7-10(9)14/h4-8H,1-3H3,(H2,15,17)(H,16,18)/t8-/m0/s1. The van der Waals surface area contributed by atoms with E-state index in [0.29, 0.717) is 0 Å². The van der Waals surface area contributed by atoms with Crippen LogP contribution in [0.5, 0.6) is 0 Å². The molecule has 18 heavy (non-hydrogen) atoms. The van der Waals surface area contributed by atoms with Gasteiger partial charge in [-0.05, 0) is 26.8 Å². The molecule has 0 aliphatic rings. The van der Waals surface area contributed by atoms with Crippen molar-refractivity contribution in [2.45, 2.75) is 32.2 Å². The van der Waals surface area contributed by atoms with Gasteiger partial charge >= 0.3 is 0 Å². The van der Waals surface area contributed by atoms with E-state index >= 15 is 0 Å². The SMILES string of the molecule is C[C@H](NC(=O)C(C)(C)c1ccccc1F)C(N)=O. The van der Waals surface area contributed by atoms with Crippen molar-refractivity contribution in [1.82, 2.24) is 5.32 Å². The molecule has 0 aromatic heterocycles. The molecular formula is C13H17FN2O2. The lowest BCUT2D eigenvalue weighted by Crippen LogP contribution is -2.49. The van der Waals surface area contributed by atoms with Crippen molar-refractivity contribution in [2.24, 2.45) is 5.73 Å². The van der Waals surface area contributed by atoms with Crippen LogP contribution in [0.15, 0.2) is 24.3 Å². The zero-order chi connectivity index (χ0) is 13.9. The average Bonchev–Trinajstić information content (AvgIpc) is 2.28. The number of halogens is 1. The summed E-state index contributed by atoms with van der Waals surface area (Å²) in [4.78, 5) is 22.9. The van der Waals surface area contributed by atoms with E-state index in [1.807, 2.05) is 0 Å². The summed E-state index contributed by atoms with van der Waals surface area (Å²) in [6.45, 7) is 4.67. The minimum Gasteiger partial charge on any atom is -0.368 e. The number of benzene rings is 1. The van der Waals surface area contributed by atoms with Gasteiger partial charge in [0.25, 0.3) is 0 Å². The van der Waals surface area contributed by atoms with E-state index in [-0.39, 0.29) is 5.56 Å². The fraction of sp³-hybridized carbons (Fsp3) is 0.385. The maximum atomic E-state index is 13.7. The van der Waals surface area contributed by atoms with Crippen molar-refractivity contribution in [3.63, 3.8) is 0 Å². The van der Waals surface area contributed by atoms with Crippen molar-refractivity contribution in [3.8, 4) is 0 Å². The highest BCUT2D eigenvalue weighted by molar-refractivity contribution is 5.91. The zero-order valence-corrected chi connectivity index (χ0v) is 10.7. The summed E-state index contributed by atoms with van der Waals surface area (Å²) in [5, 5.41) is 2.47. The first-order chi connectivity index (χ1) is 8.26. The molecule has 0 heterocycles. The van der Waals surface area contributed by atoms with Crippen LogP contribution in [0.25, 0.3) is 0 Å². The van der Waals surface area contributed by atoms with Crippen molar-refractivity contribution < 1.29 is 14.0 Å². The summed E-state index contributed by atoms with van der Waals surface area (Å²) in [5.74, 6) is -1.53. The second kappa shape index (κ2) is 5.16. The van der Waals surface area contributed by atoms with Crippen molar-refractivity contribution in [2.75, 3.05) is 0 Å². The minimum absolute atomic E-state index is 0.277. The van der Waals surface area contributed by atoms with Crippen LogP contribution < -0.4 is 11.1 Å². The second-order valence-corrected chi connectivity index (χ2v) is 4.70. The van der Waals surface area contributed by atoms with Gasteiger partial charge in [0.15, 0.2) is 0 Å². The van der Waals surface area contributed by atoms with Gasteiger partial charge in [0.2, 0.25) is 11.8 Å². The first-order valence-electron chi connectivity index (χ1n) is 5.62. The third kappa shape index (κ3) is 2.85. The van der Waals surface area contributed by atoms with Gasteiger partial charge in [0, 0.05) is 5.56 Å². The molecule has 1 atom stereocenters. The Kier molecular flexibility index (Phi) is 4.06. The van der Waals surface area contributed by atoms with Crippen molar-refractivity contribution >= 4 is 11.8 Å². The molecule has 1 aromatic rings. The average molecular weight is 252 g/mol. The van der Waals surface area contributed by atoms with Crippen molar-refractivity contribution in [1.29, 1.82) is 0 Å². The van der Waals surface area contributed by atoms with Gasteiger partial charge in [-0.2, -0.15) is 0 Å². The lowest BCUT2D eigenvalue weighted by atomic mass is 9.83. The molecule has 0 aliphatic heterocycles. The molecule has 5 heteroatoms. The number of hydrogen-bond acceptors (Lipinski definition) is 2. The van der Waals surface area contributed by atoms with Gasteiger partial charge in [0.05, 0.1) is 5.41 Å².